The second-order valence-corrected chi connectivity index (χ2v) is 7.42. The number of halogens is 1. The lowest BCUT2D eigenvalue weighted by Gasteiger charge is -2.35. The Morgan fingerprint density at radius 1 is 1.30 bits per heavy atom. The van der Waals surface area contributed by atoms with E-state index >= 15 is 0 Å². The van der Waals surface area contributed by atoms with Crippen molar-refractivity contribution in [3.63, 3.8) is 0 Å². The van der Waals surface area contributed by atoms with Crippen LogP contribution in [0.3, 0.4) is 0 Å². The van der Waals surface area contributed by atoms with E-state index in [2.05, 4.69) is 32.7 Å². The van der Waals surface area contributed by atoms with E-state index in [4.69, 9.17) is 4.74 Å². The molecule has 1 aliphatic heterocycles. The first kappa shape index (κ1) is 21.9. The third-order valence-electron chi connectivity index (χ3n) is 5.20. The summed E-state index contributed by atoms with van der Waals surface area (Å²) in [6, 6.07) is 14.2. The Bertz CT molecular complexity index is 828. The number of hydrogen-bond donors (Lipinski definition) is 3. The Hall–Kier alpha value is -2.80. The minimum Gasteiger partial charge on any atom is -0.497 e. The molecule has 2 unspecified atom stereocenters. The quantitative estimate of drug-likeness (QED) is 0.480. The number of benzene rings is 2. The number of aliphatic imine (C=N–C) groups is 1. The molecule has 1 fully saturated rings. The van der Waals surface area contributed by atoms with E-state index in [-0.39, 0.29) is 18.4 Å². The van der Waals surface area contributed by atoms with Crippen LogP contribution < -0.4 is 20.3 Å². The molecule has 30 heavy (non-hydrogen) atoms. The van der Waals surface area contributed by atoms with Crippen molar-refractivity contribution >= 4 is 11.6 Å². The molecule has 0 aromatic heterocycles. The van der Waals surface area contributed by atoms with Gasteiger partial charge in [0, 0.05) is 37.4 Å². The van der Waals surface area contributed by atoms with E-state index in [0.717, 1.165) is 43.9 Å². The highest BCUT2D eigenvalue weighted by Gasteiger charge is 2.21. The van der Waals surface area contributed by atoms with Crippen LogP contribution in [0.4, 0.5) is 10.1 Å². The molecule has 2 aromatic rings. The number of nitrogens with one attached hydrogen (secondary N) is 2. The van der Waals surface area contributed by atoms with E-state index in [1.54, 1.807) is 19.2 Å². The Balaban J connectivity index is 1.61. The van der Waals surface area contributed by atoms with Crippen molar-refractivity contribution in [2.45, 2.75) is 31.9 Å². The second kappa shape index (κ2) is 10.8. The van der Waals surface area contributed by atoms with Crippen molar-refractivity contribution in [1.29, 1.82) is 0 Å². The van der Waals surface area contributed by atoms with Crippen LogP contribution in [0.2, 0.25) is 0 Å². The standard InChI is InChI=1S/C23H31FN4O2/c1-3-25-23(26-15-22(29)17-9-11-18(24)12-10-17)27-19-6-5-13-28(16-19)20-7-4-8-21(14-20)30-2/h4,7-12,14,19,22,29H,3,5-6,13,15-16H2,1-2H3,(H2,25,26,27). The molecule has 0 bridgehead atoms. The smallest absolute Gasteiger partial charge is 0.191 e. The van der Waals surface area contributed by atoms with Gasteiger partial charge in [0.15, 0.2) is 5.96 Å². The lowest BCUT2D eigenvalue weighted by atomic mass is 10.0. The number of aliphatic hydroxyl groups is 1. The van der Waals surface area contributed by atoms with Gasteiger partial charge in [-0.3, -0.25) is 4.99 Å². The van der Waals surface area contributed by atoms with Crippen LogP contribution in [0.25, 0.3) is 0 Å². The number of anilines is 1. The predicted octanol–water partition coefficient (Wildman–Crippen LogP) is 3.09. The molecule has 1 saturated heterocycles. The molecule has 0 aliphatic carbocycles. The third kappa shape index (κ3) is 6.10. The molecular weight excluding hydrogens is 383 g/mol. The molecule has 6 nitrogen and oxygen atoms in total. The van der Waals surface area contributed by atoms with E-state index < -0.39 is 6.10 Å². The van der Waals surface area contributed by atoms with Crippen molar-refractivity contribution in [2.75, 3.05) is 38.2 Å². The van der Waals surface area contributed by atoms with Gasteiger partial charge >= 0.3 is 0 Å². The van der Waals surface area contributed by atoms with Crippen molar-refractivity contribution < 1.29 is 14.2 Å². The summed E-state index contributed by atoms with van der Waals surface area (Å²) in [5, 5.41) is 17.1. The van der Waals surface area contributed by atoms with Crippen LogP contribution in [0.15, 0.2) is 53.5 Å². The van der Waals surface area contributed by atoms with Gasteiger partial charge in [-0.05, 0) is 49.6 Å². The van der Waals surface area contributed by atoms with Crippen molar-refractivity contribution in [3.8, 4) is 5.75 Å². The normalized spacial score (nSPS) is 18.1. The summed E-state index contributed by atoms with van der Waals surface area (Å²) in [6.45, 7) is 4.80. The molecule has 0 amide bonds. The van der Waals surface area contributed by atoms with E-state index in [9.17, 15) is 9.50 Å². The topological polar surface area (TPSA) is 69.1 Å². The molecule has 0 saturated carbocycles. The number of rotatable bonds is 7. The molecule has 3 rings (SSSR count). The lowest BCUT2D eigenvalue weighted by molar-refractivity contribution is 0.187. The van der Waals surface area contributed by atoms with E-state index in [1.165, 1.54) is 12.1 Å². The highest BCUT2D eigenvalue weighted by Crippen LogP contribution is 2.24. The van der Waals surface area contributed by atoms with Gasteiger partial charge in [0.2, 0.25) is 0 Å². The lowest BCUT2D eigenvalue weighted by Crippen LogP contribution is -2.51. The average molecular weight is 415 g/mol. The zero-order valence-electron chi connectivity index (χ0n) is 17.6. The van der Waals surface area contributed by atoms with E-state index in [1.807, 2.05) is 19.1 Å². The summed E-state index contributed by atoms with van der Waals surface area (Å²) >= 11 is 0. The largest absolute Gasteiger partial charge is 0.497 e. The minimum absolute atomic E-state index is 0.202. The first-order valence-electron chi connectivity index (χ1n) is 10.5. The van der Waals surface area contributed by atoms with Gasteiger partial charge in [0.05, 0.1) is 19.8 Å². The van der Waals surface area contributed by atoms with Crippen LogP contribution >= 0.6 is 0 Å². The van der Waals surface area contributed by atoms with Gasteiger partial charge in [-0.2, -0.15) is 0 Å². The summed E-state index contributed by atoms with van der Waals surface area (Å²) in [5.74, 6) is 1.21. The predicted molar refractivity (Wildman–Crippen MR) is 119 cm³/mol. The third-order valence-corrected chi connectivity index (χ3v) is 5.20. The summed E-state index contributed by atoms with van der Waals surface area (Å²) in [6.07, 6.45) is 1.35. The van der Waals surface area contributed by atoms with Crippen molar-refractivity contribution in [3.05, 3.63) is 59.9 Å². The average Bonchev–Trinajstić information content (AvgIpc) is 2.78. The summed E-state index contributed by atoms with van der Waals surface area (Å²) in [5.41, 5.74) is 1.80. The van der Waals surface area contributed by atoms with Crippen molar-refractivity contribution in [2.24, 2.45) is 4.99 Å². The number of hydrogen-bond acceptors (Lipinski definition) is 4. The molecule has 7 heteroatoms. The summed E-state index contributed by atoms with van der Waals surface area (Å²) < 4.78 is 18.4. The van der Waals surface area contributed by atoms with Gasteiger partial charge in [-0.25, -0.2) is 4.39 Å². The zero-order valence-corrected chi connectivity index (χ0v) is 17.6. The van der Waals surface area contributed by atoms with Crippen LogP contribution in [0, 0.1) is 5.82 Å². The monoisotopic (exact) mass is 414 g/mol. The molecule has 1 aliphatic rings. The molecule has 0 radical (unpaired) electrons. The van der Waals surface area contributed by atoms with Crippen LogP contribution in [-0.4, -0.2) is 50.4 Å². The molecule has 1 heterocycles. The number of nitrogens with zero attached hydrogens (tertiary/aromatic N) is 2. The summed E-state index contributed by atoms with van der Waals surface area (Å²) in [4.78, 5) is 6.89. The summed E-state index contributed by atoms with van der Waals surface area (Å²) in [7, 11) is 1.68. The molecule has 2 aromatic carbocycles. The van der Waals surface area contributed by atoms with Crippen molar-refractivity contribution in [1.82, 2.24) is 10.6 Å². The van der Waals surface area contributed by atoms with Crippen LogP contribution in [0.1, 0.15) is 31.4 Å². The first-order chi connectivity index (χ1) is 14.6. The Kier molecular flexibility index (Phi) is 7.90. The number of methoxy groups -OCH3 is 1. The molecule has 2 atom stereocenters. The molecule has 162 valence electrons. The number of aliphatic hydroxyl groups excluding tert-OH is 1. The maximum absolute atomic E-state index is 13.1. The molecule has 3 N–H and O–H groups in total. The molecule has 0 spiro atoms. The Morgan fingerprint density at radius 3 is 2.83 bits per heavy atom. The second-order valence-electron chi connectivity index (χ2n) is 7.42. The van der Waals surface area contributed by atoms with Gasteiger partial charge < -0.3 is 25.4 Å². The highest BCUT2D eigenvalue weighted by molar-refractivity contribution is 5.80. The maximum atomic E-state index is 13.1. The fourth-order valence-electron chi connectivity index (χ4n) is 3.62. The number of guanidine groups is 1. The van der Waals surface area contributed by atoms with Gasteiger partial charge in [0.1, 0.15) is 11.6 Å². The Labute approximate surface area is 177 Å². The van der Waals surface area contributed by atoms with E-state index in [0.29, 0.717) is 11.5 Å². The fraction of sp³-hybridized carbons (Fsp3) is 0.435. The first-order valence-corrected chi connectivity index (χ1v) is 10.5. The van der Waals surface area contributed by atoms with Gasteiger partial charge in [-0.1, -0.05) is 18.2 Å². The van der Waals surface area contributed by atoms with Crippen LogP contribution in [0.5, 0.6) is 5.75 Å². The molecular formula is C23H31FN4O2. The SMILES string of the molecule is CCNC(=NCC(O)c1ccc(F)cc1)NC1CCCN(c2cccc(OC)c2)C1. The zero-order chi connectivity index (χ0) is 21.3. The number of ether oxygens (including phenoxy) is 1. The van der Waals surface area contributed by atoms with Gasteiger partial charge in [-0.15, -0.1) is 0 Å². The highest BCUT2D eigenvalue weighted by atomic mass is 19.1. The number of piperidine rings is 1. The van der Waals surface area contributed by atoms with Crippen LogP contribution in [-0.2, 0) is 0 Å². The fourth-order valence-corrected chi connectivity index (χ4v) is 3.62. The minimum atomic E-state index is -0.777. The Morgan fingerprint density at radius 2 is 2.10 bits per heavy atom. The van der Waals surface area contributed by atoms with Gasteiger partial charge in [0.25, 0.3) is 0 Å². The maximum Gasteiger partial charge on any atom is 0.191 e.